The molecule has 1 atom stereocenters. The molecule has 94 valence electrons. The quantitative estimate of drug-likeness (QED) is 0.462. The summed E-state index contributed by atoms with van der Waals surface area (Å²) in [5.74, 6) is -2.44. The zero-order valence-electron chi connectivity index (χ0n) is 9.71. The number of fused-ring (bicyclic) bond motifs is 1. The van der Waals surface area contributed by atoms with Crippen LogP contribution >= 0.6 is 11.3 Å². The van der Waals surface area contributed by atoms with E-state index in [4.69, 9.17) is 0 Å². The average molecular weight is 265 g/mol. The highest BCUT2D eigenvalue weighted by molar-refractivity contribution is 7.10. The molecule has 1 aliphatic carbocycles. The van der Waals surface area contributed by atoms with E-state index in [0.29, 0.717) is 6.42 Å². The van der Waals surface area contributed by atoms with Crippen molar-refractivity contribution in [2.24, 2.45) is 5.92 Å². The molecule has 0 spiro atoms. The minimum Gasteiger partial charge on any atom is -0.463 e. The van der Waals surface area contributed by atoms with Gasteiger partial charge in [0.1, 0.15) is 5.78 Å². The SMILES string of the molecule is COC(=O)C(=O)CC(=O)C1C=Cc2scnc2C1. The van der Waals surface area contributed by atoms with E-state index in [1.54, 1.807) is 11.6 Å². The Kier molecular flexibility index (Phi) is 3.66. The van der Waals surface area contributed by atoms with E-state index in [1.807, 2.05) is 6.08 Å². The van der Waals surface area contributed by atoms with E-state index in [2.05, 4.69) is 9.72 Å². The summed E-state index contributed by atoms with van der Waals surface area (Å²) < 4.78 is 4.27. The molecule has 0 bridgehead atoms. The second kappa shape index (κ2) is 5.22. The van der Waals surface area contributed by atoms with Gasteiger partial charge in [-0.2, -0.15) is 0 Å². The standard InChI is InChI=1S/C12H11NO4S/c1-17-12(16)10(15)5-9(14)7-2-3-11-8(4-7)13-6-18-11/h2-3,6-7H,4-5H2,1H3. The number of thiazole rings is 1. The van der Waals surface area contributed by atoms with Crippen LogP contribution in [0.4, 0.5) is 0 Å². The lowest BCUT2D eigenvalue weighted by Gasteiger charge is -2.13. The van der Waals surface area contributed by atoms with E-state index in [0.717, 1.165) is 17.7 Å². The van der Waals surface area contributed by atoms with Gasteiger partial charge in [-0.25, -0.2) is 9.78 Å². The van der Waals surface area contributed by atoms with Crippen LogP contribution in [-0.2, 0) is 25.5 Å². The van der Waals surface area contributed by atoms with Crippen molar-refractivity contribution in [3.63, 3.8) is 0 Å². The highest BCUT2D eigenvalue weighted by atomic mass is 32.1. The van der Waals surface area contributed by atoms with Crippen LogP contribution in [0.5, 0.6) is 0 Å². The van der Waals surface area contributed by atoms with Crippen molar-refractivity contribution in [2.75, 3.05) is 7.11 Å². The predicted octanol–water partition coefficient (Wildman–Crippen LogP) is 1.03. The molecule has 0 saturated carbocycles. The topological polar surface area (TPSA) is 73.3 Å². The molecule has 1 aromatic rings. The van der Waals surface area contributed by atoms with Crippen LogP contribution in [0.3, 0.4) is 0 Å². The van der Waals surface area contributed by atoms with Gasteiger partial charge in [-0.3, -0.25) is 9.59 Å². The van der Waals surface area contributed by atoms with Crippen molar-refractivity contribution in [1.82, 2.24) is 4.98 Å². The van der Waals surface area contributed by atoms with Crippen LogP contribution < -0.4 is 0 Å². The number of nitrogens with zero attached hydrogens (tertiary/aromatic N) is 1. The lowest BCUT2D eigenvalue weighted by molar-refractivity contribution is -0.152. The first-order chi connectivity index (χ1) is 8.61. The number of ketones is 2. The van der Waals surface area contributed by atoms with Gasteiger partial charge in [-0.15, -0.1) is 11.3 Å². The van der Waals surface area contributed by atoms with Crippen molar-refractivity contribution < 1.29 is 19.1 Å². The van der Waals surface area contributed by atoms with Gasteiger partial charge >= 0.3 is 5.97 Å². The Labute approximate surface area is 107 Å². The fraction of sp³-hybridized carbons (Fsp3) is 0.333. The molecule has 0 saturated heterocycles. The third-order valence-electron chi connectivity index (χ3n) is 2.73. The summed E-state index contributed by atoms with van der Waals surface area (Å²) >= 11 is 1.51. The Bertz CT molecular complexity index is 532. The molecule has 1 aliphatic rings. The molecule has 2 rings (SSSR count). The zero-order chi connectivity index (χ0) is 13.1. The van der Waals surface area contributed by atoms with Crippen molar-refractivity contribution >= 4 is 34.9 Å². The number of methoxy groups -OCH3 is 1. The minimum absolute atomic E-state index is 0.277. The number of carbonyl (C=O) groups is 3. The number of carbonyl (C=O) groups excluding carboxylic acids is 3. The van der Waals surface area contributed by atoms with Crippen LogP contribution in [0.15, 0.2) is 11.6 Å². The zero-order valence-corrected chi connectivity index (χ0v) is 10.5. The summed E-state index contributed by atoms with van der Waals surface area (Å²) in [6, 6.07) is 0. The van der Waals surface area contributed by atoms with E-state index in [1.165, 1.54) is 11.3 Å². The van der Waals surface area contributed by atoms with Crippen molar-refractivity contribution in [2.45, 2.75) is 12.8 Å². The van der Waals surface area contributed by atoms with E-state index in [9.17, 15) is 14.4 Å². The molecule has 1 aromatic heterocycles. The Morgan fingerprint density at radius 1 is 1.50 bits per heavy atom. The number of ether oxygens (including phenoxy) is 1. The average Bonchev–Trinajstić information content (AvgIpc) is 2.84. The summed E-state index contributed by atoms with van der Waals surface area (Å²) in [7, 11) is 1.12. The summed E-state index contributed by atoms with van der Waals surface area (Å²) in [6.07, 6.45) is 3.67. The first-order valence-electron chi connectivity index (χ1n) is 5.36. The lowest BCUT2D eigenvalue weighted by Crippen LogP contribution is -2.25. The normalized spacial score (nSPS) is 17.1. The van der Waals surface area contributed by atoms with Crippen molar-refractivity contribution in [3.8, 4) is 0 Å². The monoisotopic (exact) mass is 265 g/mol. The molecule has 1 unspecified atom stereocenters. The Hall–Kier alpha value is -1.82. The maximum absolute atomic E-state index is 11.9. The molecule has 1 heterocycles. The fourth-order valence-electron chi connectivity index (χ4n) is 1.74. The molecular formula is C12H11NO4S. The van der Waals surface area contributed by atoms with Crippen LogP contribution in [0.1, 0.15) is 17.0 Å². The maximum atomic E-state index is 11.9. The first kappa shape index (κ1) is 12.6. The summed E-state index contributed by atoms with van der Waals surface area (Å²) in [6.45, 7) is 0. The predicted molar refractivity (Wildman–Crippen MR) is 65.0 cm³/mol. The summed E-state index contributed by atoms with van der Waals surface area (Å²) in [4.78, 5) is 39.3. The minimum atomic E-state index is -0.975. The Morgan fingerprint density at radius 3 is 3.00 bits per heavy atom. The highest BCUT2D eigenvalue weighted by Gasteiger charge is 2.26. The maximum Gasteiger partial charge on any atom is 0.374 e. The number of Topliss-reactive ketones (excluding diaryl/α,β-unsaturated/α-hetero) is 2. The molecule has 6 heteroatoms. The van der Waals surface area contributed by atoms with Crippen LogP contribution in [0.25, 0.3) is 6.08 Å². The molecule has 0 N–H and O–H groups in total. The van der Waals surface area contributed by atoms with E-state index >= 15 is 0 Å². The third-order valence-corrected chi connectivity index (χ3v) is 3.56. The highest BCUT2D eigenvalue weighted by Crippen LogP contribution is 2.26. The van der Waals surface area contributed by atoms with Crippen LogP contribution in [0, 0.1) is 5.92 Å². The summed E-state index contributed by atoms with van der Waals surface area (Å²) in [5.41, 5.74) is 2.59. The first-order valence-corrected chi connectivity index (χ1v) is 6.24. The molecule has 5 nitrogen and oxygen atoms in total. The van der Waals surface area contributed by atoms with Crippen LogP contribution in [0.2, 0.25) is 0 Å². The van der Waals surface area contributed by atoms with Crippen molar-refractivity contribution in [3.05, 3.63) is 22.2 Å². The molecule has 18 heavy (non-hydrogen) atoms. The Balaban J connectivity index is 2.00. The van der Waals surface area contributed by atoms with Gasteiger partial charge < -0.3 is 4.74 Å². The number of hydrogen-bond donors (Lipinski definition) is 0. The van der Waals surface area contributed by atoms with Gasteiger partial charge in [0.2, 0.25) is 5.78 Å². The van der Waals surface area contributed by atoms with Gasteiger partial charge in [-0.05, 0) is 6.08 Å². The Morgan fingerprint density at radius 2 is 2.28 bits per heavy atom. The number of hydrogen-bond acceptors (Lipinski definition) is 6. The largest absolute Gasteiger partial charge is 0.463 e. The van der Waals surface area contributed by atoms with Gasteiger partial charge in [0.25, 0.3) is 0 Å². The molecule has 0 radical (unpaired) electrons. The number of aromatic nitrogens is 1. The van der Waals surface area contributed by atoms with Gasteiger partial charge in [0.15, 0.2) is 0 Å². The molecule has 0 aliphatic heterocycles. The molecule has 0 amide bonds. The van der Waals surface area contributed by atoms with Crippen molar-refractivity contribution in [1.29, 1.82) is 0 Å². The number of rotatable bonds is 4. The van der Waals surface area contributed by atoms with Crippen LogP contribution in [-0.4, -0.2) is 29.6 Å². The second-order valence-electron chi connectivity index (χ2n) is 3.89. The number of esters is 1. The van der Waals surface area contributed by atoms with E-state index < -0.39 is 18.2 Å². The van der Waals surface area contributed by atoms with E-state index in [-0.39, 0.29) is 11.7 Å². The molecule has 0 aromatic carbocycles. The smallest absolute Gasteiger partial charge is 0.374 e. The molecular weight excluding hydrogens is 254 g/mol. The van der Waals surface area contributed by atoms with Gasteiger partial charge in [0.05, 0.1) is 24.7 Å². The second-order valence-corrected chi connectivity index (χ2v) is 4.78. The number of allylic oxidation sites excluding steroid dienone is 1. The third kappa shape index (κ3) is 2.53. The lowest BCUT2D eigenvalue weighted by atomic mass is 9.91. The molecule has 0 fully saturated rings. The van der Waals surface area contributed by atoms with Gasteiger partial charge in [-0.1, -0.05) is 6.08 Å². The fourth-order valence-corrected chi connectivity index (χ4v) is 2.47. The summed E-state index contributed by atoms with van der Waals surface area (Å²) in [5, 5.41) is 0. The van der Waals surface area contributed by atoms with Gasteiger partial charge in [0, 0.05) is 17.2 Å².